The number of nitrogens with zero attached hydrogens (tertiary/aromatic N) is 1. The molecule has 0 aliphatic heterocycles. The van der Waals surface area contributed by atoms with Crippen molar-refractivity contribution in [3.05, 3.63) is 51.0 Å². The van der Waals surface area contributed by atoms with Crippen LogP contribution in [0.5, 0.6) is 0 Å². The fourth-order valence-electron chi connectivity index (χ4n) is 2.73. The summed E-state index contributed by atoms with van der Waals surface area (Å²) in [5.74, 6) is 0.105. The van der Waals surface area contributed by atoms with Crippen molar-refractivity contribution in [2.24, 2.45) is 0 Å². The van der Waals surface area contributed by atoms with Crippen LogP contribution in [0.1, 0.15) is 46.0 Å². The number of nitrogens with one attached hydrogen (secondary N) is 1. The molecule has 1 aliphatic carbocycles. The summed E-state index contributed by atoms with van der Waals surface area (Å²) in [7, 11) is 0. The number of carbonyl (C=O) groups is 1. The Bertz CT molecular complexity index is 622. The monoisotopic (exact) mass is 314 g/mol. The van der Waals surface area contributed by atoms with E-state index >= 15 is 0 Å². The highest BCUT2D eigenvalue weighted by molar-refractivity contribution is 7.11. The van der Waals surface area contributed by atoms with E-state index in [1.54, 1.807) is 11.3 Å². The first-order valence-corrected chi connectivity index (χ1v) is 8.82. The Balaban J connectivity index is 1.46. The molecule has 3 rings (SSSR count). The third kappa shape index (κ3) is 3.95. The van der Waals surface area contributed by atoms with Gasteiger partial charge in [-0.15, -0.1) is 11.3 Å². The molecule has 0 saturated heterocycles. The molecule has 0 fully saturated rings. The molecule has 0 radical (unpaired) electrons. The van der Waals surface area contributed by atoms with Crippen LogP contribution in [0, 0.1) is 6.92 Å². The second kappa shape index (κ2) is 7.05. The number of hydrogen-bond acceptors (Lipinski definition) is 3. The van der Waals surface area contributed by atoms with E-state index in [0.717, 1.165) is 23.4 Å². The van der Waals surface area contributed by atoms with Crippen molar-refractivity contribution in [2.75, 3.05) is 0 Å². The van der Waals surface area contributed by atoms with Gasteiger partial charge < -0.3 is 5.32 Å². The van der Waals surface area contributed by atoms with Crippen LogP contribution in [0.4, 0.5) is 0 Å². The van der Waals surface area contributed by atoms with Crippen LogP contribution in [-0.2, 0) is 30.6 Å². The molecule has 2 aromatic rings. The van der Waals surface area contributed by atoms with Crippen LogP contribution < -0.4 is 5.32 Å². The van der Waals surface area contributed by atoms with E-state index in [4.69, 9.17) is 0 Å². The zero-order valence-electron chi connectivity index (χ0n) is 13.0. The summed E-state index contributed by atoms with van der Waals surface area (Å²) in [5, 5.41) is 4.11. The second-order valence-electron chi connectivity index (χ2n) is 5.95. The molecule has 4 heteroatoms. The van der Waals surface area contributed by atoms with Gasteiger partial charge >= 0.3 is 0 Å². The maximum absolute atomic E-state index is 12.0. The maximum atomic E-state index is 12.0. The highest BCUT2D eigenvalue weighted by atomic mass is 32.1. The zero-order chi connectivity index (χ0) is 15.4. The summed E-state index contributed by atoms with van der Waals surface area (Å²) in [6.07, 6.45) is 6.12. The molecule has 1 aromatic heterocycles. The molecular weight excluding hydrogens is 292 g/mol. The molecule has 1 heterocycles. The van der Waals surface area contributed by atoms with E-state index in [-0.39, 0.29) is 5.91 Å². The largest absolute Gasteiger partial charge is 0.352 e. The summed E-state index contributed by atoms with van der Waals surface area (Å²) in [4.78, 5) is 18.1. The lowest BCUT2D eigenvalue weighted by molar-refractivity contribution is -0.121. The van der Waals surface area contributed by atoms with Crippen LogP contribution in [0.3, 0.4) is 0 Å². The van der Waals surface area contributed by atoms with Gasteiger partial charge in [0.15, 0.2) is 0 Å². The molecule has 3 nitrogen and oxygen atoms in total. The minimum absolute atomic E-state index is 0.105. The van der Waals surface area contributed by atoms with Crippen LogP contribution >= 0.6 is 11.3 Å². The number of carbonyl (C=O) groups excluding carboxylic acids is 1. The first kappa shape index (κ1) is 15.2. The van der Waals surface area contributed by atoms with Gasteiger partial charge in [-0.2, -0.15) is 0 Å². The maximum Gasteiger partial charge on any atom is 0.220 e. The number of aryl methyl sites for hydroxylation is 4. The molecule has 22 heavy (non-hydrogen) atoms. The highest BCUT2D eigenvalue weighted by Gasteiger charge is 2.15. The van der Waals surface area contributed by atoms with E-state index in [0.29, 0.717) is 13.0 Å². The van der Waals surface area contributed by atoms with Gasteiger partial charge in [0.05, 0.1) is 10.7 Å². The van der Waals surface area contributed by atoms with Gasteiger partial charge in [0.1, 0.15) is 0 Å². The molecule has 0 unspecified atom stereocenters. The number of benzene rings is 1. The molecule has 116 valence electrons. The first-order chi connectivity index (χ1) is 10.7. The average Bonchev–Trinajstić information content (AvgIpc) is 2.95. The number of rotatable bonds is 5. The van der Waals surface area contributed by atoms with E-state index < -0.39 is 0 Å². The molecule has 1 aromatic carbocycles. The molecular formula is C18H22N2OS. The third-order valence-corrected chi connectivity index (χ3v) is 5.28. The minimum Gasteiger partial charge on any atom is -0.352 e. The van der Waals surface area contributed by atoms with Gasteiger partial charge in [-0.05, 0) is 38.2 Å². The van der Waals surface area contributed by atoms with Gasteiger partial charge in [-0.25, -0.2) is 4.98 Å². The normalized spacial score (nSPS) is 13.7. The van der Waals surface area contributed by atoms with Gasteiger partial charge in [-0.3, -0.25) is 4.79 Å². The predicted molar refractivity (Wildman–Crippen MR) is 90.1 cm³/mol. The van der Waals surface area contributed by atoms with Crippen molar-refractivity contribution < 1.29 is 4.79 Å². The molecule has 0 atom stereocenters. The Kier molecular flexibility index (Phi) is 4.88. The Morgan fingerprint density at radius 3 is 2.77 bits per heavy atom. The Labute approximate surface area is 135 Å². The third-order valence-electron chi connectivity index (χ3n) is 4.07. The summed E-state index contributed by atoms with van der Waals surface area (Å²) in [5.41, 5.74) is 3.66. The predicted octanol–water partition coefficient (Wildman–Crippen LogP) is 3.58. The number of aromatic nitrogens is 1. The van der Waals surface area contributed by atoms with Crippen molar-refractivity contribution in [1.29, 1.82) is 0 Å². The number of hydrogen-bond donors (Lipinski definition) is 1. The summed E-state index contributed by atoms with van der Waals surface area (Å²) in [6.45, 7) is 2.67. The van der Waals surface area contributed by atoms with Gasteiger partial charge in [0.2, 0.25) is 5.91 Å². The average molecular weight is 314 g/mol. The van der Waals surface area contributed by atoms with E-state index in [9.17, 15) is 4.79 Å². The summed E-state index contributed by atoms with van der Waals surface area (Å²) < 4.78 is 0. The SMILES string of the molecule is Cc1ccc(CNC(=O)CCc2nc3c(s2)CCCC3)cc1. The van der Waals surface area contributed by atoms with Crippen molar-refractivity contribution >= 4 is 17.2 Å². The quantitative estimate of drug-likeness (QED) is 0.916. The van der Waals surface area contributed by atoms with E-state index in [1.165, 1.54) is 35.4 Å². The standard InChI is InChI=1S/C18H22N2OS/c1-13-6-8-14(9-7-13)12-19-17(21)10-11-18-20-15-4-2-3-5-16(15)22-18/h6-9H,2-5,10-12H2,1H3,(H,19,21). The lowest BCUT2D eigenvalue weighted by Gasteiger charge is -2.06. The van der Waals surface area contributed by atoms with Crippen LogP contribution in [0.2, 0.25) is 0 Å². The topological polar surface area (TPSA) is 42.0 Å². The van der Waals surface area contributed by atoms with Crippen LogP contribution in [0.25, 0.3) is 0 Å². The Hall–Kier alpha value is -1.68. The molecule has 0 saturated carbocycles. The van der Waals surface area contributed by atoms with E-state index in [1.807, 2.05) is 0 Å². The van der Waals surface area contributed by atoms with Crippen LogP contribution in [0.15, 0.2) is 24.3 Å². The lowest BCUT2D eigenvalue weighted by atomic mass is 10.0. The summed E-state index contributed by atoms with van der Waals surface area (Å²) >= 11 is 1.80. The van der Waals surface area contributed by atoms with Gasteiger partial charge in [0.25, 0.3) is 0 Å². The second-order valence-corrected chi connectivity index (χ2v) is 7.12. The van der Waals surface area contributed by atoms with Gasteiger partial charge in [0, 0.05) is 24.3 Å². The number of amides is 1. The number of fused-ring (bicyclic) bond motifs is 1. The van der Waals surface area contributed by atoms with Crippen molar-refractivity contribution in [3.63, 3.8) is 0 Å². The summed E-state index contributed by atoms with van der Waals surface area (Å²) in [6, 6.07) is 8.26. The van der Waals surface area contributed by atoms with E-state index in [2.05, 4.69) is 41.5 Å². The van der Waals surface area contributed by atoms with Crippen molar-refractivity contribution in [2.45, 2.75) is 52.0 Å². The minimum atomic E-state index is 0.105. The van der Waals surface area contributed by atoms with Gasteiger partial charge in [-0.1, -0.05) is 29.8 Å². The molecule has 1 aliphatic rings. The molecule has 1 N–H and O–H groups in total. The zero-order valence-corrected chi connectivity index (χ0v) is 13.8. The smallest absolute Gasteiger partial charge is 0.220 e. The fraction of sp³-hybridized carbons (Fsp3) is 0.444. The van der Waals surface area contributed by atoms with Crippen molar-refractivity contribution in [1.82, 2.24) is 10.3 Å². The first-order valence-electron chi connectivity index (χ1n) is 8.00. The highest BCUT2D eigenvalue weighted by Crippen LogP contribution is 2.27. The fourth-order valence-corrected chi connectivity index (χ4v) is 3.88. The Morgan fingerprint density at radius 2 is 2.00 bits per heavy atom. The molecule has 1 amide bonds. The molecule has 0 bridgehead atoms. The van der Waals surface area contributed by atoms with Crippen molar-refractivity contribution in [3.8, 4) is 0 Å². The number of thiazole rings is 1. The van der Waals surface area contributed by atoms with Crippen LogP contribution in [-0.4, -0.2) is 10.9 Å². The molecule has 0 spiro atoms. The lowest BCUT2D eigenvalue weighted by Crippen LogP contribution is -2.22. The Morgan fingerprint density at radius 1 is 1.23 bits per heavy atom.